The molecule has 4 nitrogen and oxygen atoms in total. The Hall–Kier alpha value is -1.88. The summed E-state index contributed by atoms with van der Waals surface area (Å²) >= 11 is 1.70. The van der Waals surface area contributed by atoms with Crippen LogP contribution in [0.15, 0.2) is 17.5 Å². The summed E-state index contributed by atoms with van der Waals surface area (Å²) in [5, 5.41) is 2.06. The highest BCUT2D eigenvalue weighted by atomic mass is 32.1. The van der Waals surface area contributed by atoms with Gasteiger partial charge >= 0.3 is 5.97 Å². The Balaban J connectivity index is 1.62. The van der Waals surface area contributed by atoms with Gasteiger partial charge in [0.2, 0.25) is 0 Å². The van der Waals surface area contributed by atoms with Gasteiger partial charge in [-0.15, -0.1) is 11.3 Å². The van der Waals surface area contributed by atoms with Crippen LogP contribution in [-0.2, 0) is 17.6 Å². The van der Waals surface area contributed by atoms with Crippen molar-refractivity contribution in [2.45, 2.75) is 70.6 Å². The van der Waals surface area contributed by atoms with E-state index in [2.05, 4.69) is 16.4 Å². The van der Waals surface area contributed by atoms with Crippen LogP contribution in [0.1, 0.15) is 94.8 Å². The Kier molecular flexibility index (Phi) is 6.00. The van der Waals surface area contributed by atoms with Crippen LogP contribution in [0.2, 0.25) is 0 Å². The fraction of sp³-hybridized carbons (Fsp3) is 0.565. The van der Waals surface area contributed by atoms with E-state index in [1.54, 1.807) is 11.3 Å². The maximum absolute atomic E-state index is 13.1. The van der Waals surface area contributed by atoms with Crippen LogP contribution < -0.4 is 0 Å². The molecule has 0 aliphatic heterocycles. The SMILES string of the molecule is CCOC(=O)c1[nH]c2c(c1CCC1CCCCC1)C(=O)C[C@@H](c1cccs1)C2. The average Bonchev–Trinajstić information content (AvgIpc) is 3.35. The lowest BCUT2D eigenvalue weighted by molar-refractivity contribution is 0.0518. The van der Waals surface area contributed by atoms with Gasteiger partial charge in [0.15, 0.2) is 5.78 Å². The van der Waals surface area contributed by atoms with Crippen LogP contribution in [0, 0.1) is 5.92 Å². The molecule has 4 rings (SSSR count). The summed E-state index contributed by atoms with van der Waals surface area (Å²) in [7, 11) is 0. The smallest absolute Gasteiger partial charge is 0.355 e. The first-order valence-corrected chi connectivity index (χ1v) is 11.5. The van der Waals surface area contributed by atoms with E-state index >= 15 is 0 Å². The highest BCUT2D eigenvalue weighted by Crippen LogP contribution is 2.38. The van der Waals surface area contributed by atoms with Crippen molar-refractivity contribution in [3.8, 4) is 0 Å². The summed E-state index contributed by atoms with van der Waals surface area (Å²) in [4.78, 5) is 30.2. The van der Waals surface area contributed by atoms with E-state index in [1.165, 1.54) is 37.0 Å². The molecule has 0 unspecified atom stereocenters. The van der Waals surface area contributed by atoms with Crippen molar-refractivity contribution in [1.29, 1.82) is 0 Å². The number of aromatic amines is 1. The van der Waals surface area contributed by atoms with Crippen molar-refractivity contribution in [2.75, 3.05) is 6.61 Å². The lowest BCUT2D eigenvalue weighted by atomic mass is 9.81. The molecule has 5 heteroatoms. The number of hydrogen-bond donors (Lipinski definition) is 1. The van der Waals surface area contributed by atoms with Gasteiger partial charge in [-0.2, -0.15) is 0 Å². The summed E-state index contributed by atoms with van der Waals surface area (Å²) in [5.74, 6) is 0.771. The summed E-state index contributed by atoms with van der Waals surface area (Å²) in [6, 6.07) is 4.14. The number of thiophene rings is 1. The van der Waals surface area contributed by atoms with Crippen molar-refractivity contribution in [3.05, 3.63) is 44.9 Å². The Labute approximate surface area is 170 Å². The zero-order chi connectivity index (χ0) is 19.5. The highest BCUT2D eigenvalue weighted by Gasteiger charge is 2.34. The van der Waals surface area contributed by atoms with E-state index in [1.807, 2.05) is 13.0 Å². The van der Waals surface area contributed by atoms with Crippen LogP contribution in [0.4, 0.5) is 0 Å². The fourth-order valence-corrected chi connectivity index (χ4v) is 5.74. The molecule has 1 atom stereocenters. The second-order valence-electron chi connectivity index (χ2n) is 8.14. The molecule has 0 aromatic carbocycles. The second-order valence-corrected chi connectivity index (χ2v) is 9.12. The van der Waals surface area contributed by atoms with E-state index in [-0.39, 0.29) is 17.7 Å². The predicted molar refractivity (Wildman–Crippen MR) is 111 cm³/mol. The van der Waals surface area contributed by atoms with E-state index < -0.39 is 0 Å². The molecule has 2 aliphatic rings. The number of esters is 1. The summed E-state index contributed by atoms with van der Waals surface area (Å²) in [6.45, 7) is 2.16. The fourth-order valence-electron chi connectivity index (χ4n) is 4.91. The van der Waals surface area contributed by atoms with E-state index in [4.69, 9.17) is 4.74 Å². The van der Waals surface area contributed by atoms with Gasteiger partial charge in [0.1, 0.15) is 5.69 Å². The van der Waals surface area contributed by atoms with E-state index in [0.29, 0.717) is 24.6 Å². The lowest BCUT2D eigenvalue weighted by Gasteiger charge is -2.23. The number of carbonyl (C=O) groups is 2. The predicted octanol–water partition coefficient (Wildman–Crippen LogP) is 5.68. The zero-order valence-electron chi connectivity index (χ0n) is 16.6. The summed E-state index contributed by atoms with van der Waals surface area (Å²) < 4.78 is 5.29. The monoisotopic (exact) mass is 399 g/mol. The molecular weight excluding hydrogens is 370 g/mol. The topological polar surface area (TPSA) is 59.2 Å². The van der Waals surface area contributed by atoms with Gasteiger partial charge < -0.3 is 9.72 Å². The third kappa shape index (κ3) is 3.95. The maximum Gasteiger partial charge on any atom is 0.355 e. The number of H-pyrrole nitrogens is 1. The minimum atomic E-state index is -0.323. The van der Waals surface area contributed by atoms with Gasteiger partial charge in [-0.1, -0.05) is 38.2 Å². The first kappa shape index (κ1) is 19.4. The van der Waals surface area contributed by atoms with Crippen LogP contribution in [0.5, 0.6) is 0 Å². The van der Waals surface area contributed by atoms with E-state index in [9.17, 15) is 9.59 Å². The van der Waals surface area contributed by atoms with Gasteiger partial charge in [-0.3, -0.25) is 4.79 Å². The zero-order valence-corrected chi connectivity index (χ0v) is 17.4. The molecule has 0 spiro atoms. The number of ketones is 1. The van der Waals surface area contributed by atoms with Crippen molar-refractivity contribution < 1.29 is 14.3 Å². The molecule has 1 saturated carbocycles. The van der Waals surface area contributed by atoms with Gasteiger partial charge in [-0.05, 0) is 49.1 Å². The third-order valence-electron chi connectivity index (χ3n) is 6.29. The number of rotatable bonds is 6. The molecule has 150 valence electrons. The van der Waals surface area contributed by atoms with Crippen molar-refractivity contribution >= 4 is 23.1 Å². The minimum absolute atomic E-state index is 0.171. The van der Waals surface area contributed by atoms with Gasteiger partial charge in [0.05, 0.1) is 6.61 Å². The number of hydrogen-bond acceptors (Lipinski definition) is 4. The van der Waals surface area contributed by atoms with Gasteiger partial charge in [0.25, 0.3) is 0 Å². The quantitative estimate of drug-likeness (QED) is 0.636. The normalized spacial score (nSPS) is 20.2. The van der Waals surface area contributed by atoms with Crippen molar-refractivity contribution in [2.24, 2.45) is 5.92 Å². The lowest BCUT2D eigenvalue weighted by Crippen LogP contribution is -2.19. The first-order valence-electron chi connectivity index (χ1n) is 10.6. The molecule has 0 bridgehead atoms. The standard InChI is InChI=1S/C23H29NO3S/c1-2-27-23(26)22-17(11-10-15-7-4-3-5-8-15)21-18(24-22)13-16(14-19(21)25)20-9-6-12-28-20/h6,9,12,15-16,24H,2-5,7-8,10-11,13-14H2,1H3/t16-/m0/s1. The Morgan fingerprint density at radius 1 is 1.25 bits per heavy atom. The third-order valence-corrected chi connectivity index (χ3v) is 7.33. The molecule has 2 heterocycles. The summed E-state index contributed by atoms with van der Waals surface area (Å²) in [6.07, 6.45) is 9.67. The number of carbonyl (C=O) groups excluding carboxylic acids is 2. The number of fused-ring (bicyclic) bond motifs is 1. The van der Waals surface area contributed by atoms with Gasteiger partial charge in [0, 0.05) is 28.5 Å². The van der Waals surface area contributed by atoms with Crippen molar-refractivity contribution in [3.63, 3.8) is 0 Å². The average molecular weight is 400 g/mol. The Morgan fingerprint density at radius 3 is 2.79 bits per heavy atom. The Morgan fingerprint density at radius 2 is 2.07 bits per heavy atom. The maximum atomic E-state index is 13.1. The van der Waals surface area contributed by atoms with E-state index in [0.717, 1.165) is 36.1 Å². The first-order chi connectivity index (χ1) is 13.7. The molecule has 2 aromatic rings. The molecular formula is C23H29NO3S. The number of ether oxygens (including phenoxy) is 1. The van der Waals surface area contributed by atoms with Gasteiger partial charge in [-0.25, -0.2) is 4.79 Å². The van der Waals surface area contributed by atoms with Crippen LogP contribution >= 0.6 is 11.3 Å². The molecule has 28 heavy (non-hydrogen) atoms. The Bertz CT molecular complexity index is 830. The second kappa shape index (κ2) is 8.64. The molecule has 0 radical (unpaired) electrons. The number of Topliss-reactive ketones (excluding diaryl/α,β-unsaturated/α-hetero) is 1. The largest absolute Gasteiger partial charge is 0.461 e. The molecule has 2 aromatic heterocycles. The molecule has 0 saturated heterocycles. The van der Waals surface area contributed by atoms with Crippen LogP contribution in [-0.4, -0.2) is 23.3 Å². The van der Waals surface area contributed by atoms with Crippen LogP contribution in [0.25, 0.3) is 0 Å². The molecule has 0 amide bonds. The minimum Gasteiger partial charge on any atom is -0.461 e. The molecule has 2 aliphatic carbocycles. The summed E-state index contributed by atoms with van der Waals surface area (Å²) in [5.41, 5.74) is 3.14. The van der Waals surface area contributed by atoms with Crippen LogP contribution in [0.3, 0.4) is 0 Å². The molecule has 1 fully saturated rings. The number of nitrogens with one attached hydrogen (secondary N) is 1. The molecule has 1 N–H and O–H groups in total. The highest BCUT2D eigenvalue weighted by molar-refractivity contribution is 7.10. The van der Waals surface area contributed by atoms with Crippen molar-refractivity contribution in [1.82, 2.24) is 4.98 Å². The number of aromatic nitrogens is 1.